The van der Waals surface area contributed by atoms with E-state index in [1.807, 2.05) is 0 Å². The van der Waals surface area contributed by atoms with Crippen LogP contribution in [-0.4, -0.2) is 26.7 Å². The van der Waals surface area contributed by atoms with Gasteiger partial charge in [0.15, 0.2) is 6.29 Å². The van der Waals surface area contributed by atoms with Crippen molar-refractivity contribution in [1.82, 2.24) is 0 Å². The lowest BCUT2D eigenvalue weighted by Gasteiger charge is -1.89. The van der Waals surface area contributed by atoms with Crippen molar-refractivity contribution in [2.24, 2.45) is 0 Å². The summed E-state index contributed by atoms with van der Waals surface area (Å²) in [5.41, 5.74) is 0. The van der Waals surface area contributed by atoms with Crippen molar-refractivity contribution in [3.05, 3.63) is 36.4 Å². The average molecular weight is 198 g/mol. The van der Waals surface area contributed by atoms with E-state index in [1.54, 1.807) is 19.1 Å². The van der Waals surface area contributed by atoms with Gasteiger partial charge in [-0.1, -0.05) is 12.1 Å². The van der Waals surface area contributed by atoms with Crippen LogP contribution in [0.2, 0.25) is 0 Å². The van der Waals surface area contributed by atoms with Crippen LogP contribution in [0.4, 0.5) is 0 Å². The third-order valence-corrected chi connectivity index (χ3v) is 1.19. The van der Waals surface area contributed by atoms with Gasteiger partial charge < -0.3 is 20.4 Å². The number of aliphatic hydroxyl groups is 2. The Morgan fingerprint density at radius 2 is 1.64 bits per heavy atom. The molecule has 0 aliphatic carbocycles. The molecule has 0 atom stereocenters. The minimum atomic E-state index is -1.28. The second-order valence-corrected chi connectivity index (χ2v) is 2.46. The summed E-state index contributed by atoms with van der Waals surface area (Å²) in [6.45, 7) is 1.72. The molecule has 0 unspecified atom stereocenters. The number of phenolic OH excluding ortho intramolecular Hbond substituents is 2. The van der Waals surface area contributed by atoms with Crippen molar-refractivity contribution >= 4 is 0 Å². The van der Waals surface area contributed by atoms with Gasteiger partial charge in [-0.2, -0.15) is 0 Å². The van der Waals surface area contributed by atoms with Crippen LogP contribution in [0.25, 0.3) is 0 Å². The van der Waals surface area contributed by atoms with Gasteiger partial charge in [-0.05, 0) is 25.1 Å². The Bertz CT molecular complexity index is 264. The largest absolute Gasteiger partial charge is 0.508 e. The molecule has 0 amide bonds. The molecule has 4 nitrogen and oxygen atoms in total. The van der Waals surface area contributed by atoms with Crippen molar-refractivity contribution in [2.45, 2.75) is 13.2 Å². The van der Waals surface area contributed by atoms with Crippen molar-refractivity contribution in [2.75, 3.05) is 0 Å². The molecule has 4 heteroatoms. The van der Waals surface area contributed by atoms with Crippen LogP contribution >= 0.6 is 0 Å². The Hall–Kier alpha value is -1.52. The van der Waals surface area contributed by atoms with Gasteiger partial charge >= 0.3 is 0 Å². The molecule has 0 aliphatic heterocycles. The first-order valence-electron chi connectivity index (χ1n) is 4.03. The Kier molecular flexibility index (Phi) is 6.19. The Labute approximate surface area is 82.4 Å². The molecule has 0 radical (unpaired) electrons. The van der Waals surface area contributed by atoms with Gasteiger partial charge in [0, 0.05) is 6.07 Å². The molecular weight excluding hydrogens is 184 g/mol. The Balaban J connectivity index is 0.000000255. The third-order valence-electron chi connectivity index (χ3n) is 1.19. The normalized spacial score (nSPS) is 10.0. The maximum absolute atomic E-state index is 8.65. The Morgan fingerprint density at radius 3 is 1.79 bits per heavy atom. The van der Waals surface area contributed by atoms with E-state index in [-0.39, 0.29) is 11.5 Å². The zero-order valence-corrected chi connectivity index (χ0v) is 7.83. The number of rotatable bonds is 1. The number of aliphatic hydroxyl groups excluding tert-OH is 1. The topological polar surface area (TPSA) is 80.9 Å². The second-order valence-electron chi connectivity index (χ2n) is 2.46. The molecule has 0 aromatic heterocycles. The highest BCUT2D eigenvalue weighted by molar-refractivity contribution is 5.30. The van der Waals surface area contributed by atoms with Crippen molar-refractivity contribution < 1.29 is 20.4 Å². The van der Waals surface area contributed by atoms with Gasteiger partial charge in [0.25, 0.3) is 0 Å². The van der Waals surface area contributed by atoms with E-state index < -0.39 is 6.29 Å². The van der Waals surface area contributed by atoms with E-state index in [1.165, 1.54) is 24.3 Å². The van der Waals surface area contributed by atoms with E-state index in [9.17, 15) is 0 Å². The monoisotopic (exact) mass is 198 g/mol. The van der Waals surface area contributed by atoms with Gasteiger partial charge in [-0.15, -0.1) is 0 Å². The molecule has 1 aromatic rings. The van der Waals surface area contributed by atoms with Crippen LogP contribution in [0.3, 0.4) is 0 Å². The maximum Gasteiger partial charge on any atom is 0.171 e. The molecule has 0 aliphatic rings. The minimum Gasteiger partial charge on any atom is -0.508 e. The lowest BCUT2D eigenvalue weighted by atomic mass is 10.3. The average Bonchev–Trinajstić information content (AvgIpc) is 2.03. The quantitative estimate of drug-likeness (QED) is 0.400. The molecule has 0 bridgehead atoms. The van der Waals surface area contributed by atoms with Crippen molar-refractivity contribution in [1.29, 1.82) is 0 Å². The fourth-order valence-corrected chi connectivity index (χ4v) is 0.665. The summed E-state index contributed by atoms with van der Waals surface area (Å²) < 4.78 is 0. The van der Waals surface area contributed by atoms with Crippen LogP contribution in [0.5, 0.6) is 11.5 Å². The molecule has 1 aromatic carbocycles. The lowest BCUT2D eigenvalue weighted by Crippen LogP contribution is -1.96. The molecule has 1 rings (SSSR count). The van der Waals surface area contributed by atoms with E-state index in [4.69, 9.17) is 20.4 Å². The number of phenols is 2. The van der Waals surface area contributed by atoms with Crippen molar-refractivity contribution in [3.63, 3.8) is 0 Å². The van der Waals surface area contributed by atoms with Gasteiger partial charge in [-0.25, -0.2) is 0 Å². The lowest BCUT2D eigenvalue weighted by molar-refractivity contribution is 0.00228. The summed E-state index contributed by atoms with van der Waals surface area (Å²) in [4.78, 5) is 0. The molecule has 14 heavy (non-hydrogen) atoms. The molecular formula is C10H14O4. The standard InChI is InChI=1S/C6H6O2.C4H8O2/c7-5-2-1-3-6(8)4-5;1-2-3-4(5)6/h1-4,7-8H;2-6H,1H3. The predicted molar refractivity (Wildman–Crippen MR) is 52.8 cm³/mol. The van der Waals surface area contributed by atoms with Crippen LogP contribution < -0.4 is 0 Å². The van der Waals surface area contributed by atoms with E-state index in [2.05, 4.69) is 0 Å². The fourth-order valence-electron chi connectivity index (χ4n) is 0.665. The maximum atomic E-state index is 8.65. The van der Waals surface area contributed by atoms with Crippen LogP contribution in [0, 0.1) is 0 Å². The summed E-state index contributed by atoms with van der Waals surface area (Å²) >= 11 is 0. The second kappa shape index (κ2) is 6.94. The first kappa shape index (κ1) is 12.5. The number of hydrogen-bond donors (Lipinski definition) is 4. The number of hydrogen-bond acceptors (Lipinski definition) is 4. The van der Waals surface area contributed by atoms with Crippen molar-refractivity contribution in [3.8, 4) is 11.5 Å². The number of benzene rings is 1. The number of allylic oxidation sites excluding steroid dienone is 1. The molecule has 78 valence electrons. The van der Waals surface area contributed by atoms with Gasteiger partial charge in [0.2, 0.25) is 0 Å². The van der Waals surface area contributed by atoms with Gasteiger partial charge in [0.1, 0.15) is 11.5 Å². The van der Waals surface area contributed by atoms with E-state index in [0.717, 1.165) is 0 Å². The highest BCUT2D eigenvalue weighted by Crippen LogP contribution is 2.14. The molecule has 4 N–H and O–H groups in total. The first-order valence-corrected chi connectivity index (χ1v) is 4.03. The van der Waals surface area contributed by atoms with Crippen LogP contribution in [0.15, 0.2) is 36.4 Å². The SMILES string of the molecule is CC=CC(O)O.Oc1cccc(O)c1. The summed E-state index contributed by atoms with van der Waals surface area (Å²) in [6, 6.07) is 5.85. The summed E-state index contributed by atoms with van der Waals surface area (Å²) in [7, 11) is 0. The van der Waals surface area contributed by atoms with E-state index >= 15 is 0 Å². The zero-order valence-electron chi connectivity index (χ0n) is 7.83. The van der Waals surface area contributed by atoms with E-state index in [0.29, 0.717) is 0 Å². The Morgan fingerprint density at radius 1 is 1.14 bits per heavy atom. The zero-order chi connectivity index (χ0) is 11.0. The summed E-state index contributed by atoms with van der Waals surface area (Å²) in [5, 5.41) is 33.3. The first-order chi connectivity index (χ1) is 6.56. The molecule has 0 fully saturated rings. The summed E-state index contributed by atoms with van der Waals surface area (Å²) in [5.74, 6) is 0.176. The van der Waals surface area contributed by atoms with Gasteiger partial charge in [-0.3, -0.25) is 0 Å². The molecule has 0 saturated heterocycles. The smallest absolute Gasteiger partial charge is 0.171 e. The highest BCUT2D eigenvalue weighted by Gasteiger charge is 1.85. The van der Waals surface area contributed by atoms with Crippen LogP contribution in [-0.2, 0) is 0 Å². The molecule has 0 saturated carbocycles. The van der Waals surface area contributed by atoms with Gasteiger partial charge in [0.05, 0.1) is 0 Å². The van der Waals surface area contributed by atoms with Crippen LogP contribution in [0.1, 0.15) is 6.92 Å². The highest BCUT2D eigenvalue weighted by atomic mass is 16.5. The molecule has 0 heterocycles. The predicted octanol–water partition coefficient (Wildman–Crippen LogP) is 0.971. The minimum absolute atomic E-state index is 0.0880. The molecule has 0 spiro atoms. The summed E-state index contributed by atoms with van der Waals surface area (Å²) in [6.07, 6.45) is 1.57. The number of aromatic hydroxyl groups is 2. The third kappa shape index (κ3) is 7.15. The fraction of sp³-hybridized carbons (Fsp3) is 0.200.